The summed E-state index contributed by atoms with van der Waals surface area (Å²) in [6.45, 7) is 2.15. The molecule has 0 spiro atoms. The summed E-state index contributed by atoms with van der Waals surface area (Å²) < 4.78 is 31.1. The van der Waals surface area contributed by atoms with Gasteiger partial charge in [-0.05, 0) is 49.1 Å². The van der Waals surface area contributed by atoms with Gasteiger partial charge in [0.2, 0.25) is 10.0 Å². The fourth-order valence-corrected chi connectivity index (χ4v) is 5.03. The molecule has 0 bridgehead atoms. The number of carbonyl (C=O) groups is 1. The van der Waals surface area contributed by atoms with E-state index in [9.17, 15) is 13.2 Å². The third-order valence-electron chi connectivity index (χ3n) is 4.06. The summed E-state index contributed by atoms with van der Waals surface area (Å²) >= 11 is 1.55. The molecule has 1 aliphatic heterocycles. The molecule has 1 N–H and O–H groups in total. The highest BCUT2D eigenvalue weighted by Gasteiger charge is 2.30. The largest absolute Gasteiger partial charge is 0.495 e. The fourth-order valence-electron chi connectivity index (χ4n) is 2.75. The average Bonchev–Trinajstić information content (AvgIpc) is 3.23. The second-order valence-electron chi connectivity index (χ2n) is 5.93. The number of nitrogens with one attached hydrogen (secondary N) is 1. The zero-order valence-electron chi connectivity index (χ0n) is 14.6. The number of hydrogen-bond donors (Lipinski definition) is 1. The van der Waals surface area contributed by atoms with Crippen LogP contribution in [0, 0.1) is 0 Å². The van der Waals surface area contributed by atoms with Gasteiger partial charge in [-0.2, -0.15) is 0 Å². The first-order chi connectivity index (χ1) is 12.4. The standard InChI is InChI=1S/C18H20N2O4S2/c1-13(11-15-5-3-9-25-15)18(21)19-14-6-7-17(24-2)16(12-14)20-8-4-10-26(20,22)23/h3,5-7,9,11-12H,4,8,10H2,1-2H3,(H,19,21)/b13-11+. The lowest BCUT2D eigenvalue weighted by molar-refractivity contribution is -0.112. The van der Waals surface area contributed by atoms with E-state index >= 15 is 0 Å². The zero-order chi connectivity index (χ0) is 18.7. The molecule has 0 radical (unpaired) electrons. The first-order valence-electron chi connectivity index (χ1n) is 8.12. The van der Waals surface area contributed by atoms with Gasteiger partial charge >= 0.3 is 0 Å². The molecule has 1 aromatic carbocycles. The van der Waals surface area contributed by atoms with Crippen LogP contribution in [0.5, 0.6) is 5.75 Å². The molecule has 0 aliphatic carbocycles. The van der Waals surface area contributed by atoms with Crippen LogP contribution in [0.3, 0.4) is 0 Å². The minimum absolute atomic E-state index is 0.120. The lowest BCUT2D eigenvalue weighted by Gasteiger charge is -2.20. The van der Waals surface area contributed by atoms with Crippen molar-refractivity contribution in [1.82, 2.24) is 0 Å². The highest BCUT2D eigenvalue weighted by atomic mass is 32.2. The fraction of sp³-hybridized carbons (Fsp3) is 0.278. The molecule has 0 atom stereocenters. The third-order valence-corrected chi connectivity index (χ3v) is 6.74. The molecular weight excluding hydrogens is 372 g/mol. The van der Waals surface area contributed by atoms with Gasteiger partial charge in [-0.3, -0.25) is 9.10 Å². The molecule has 1 saturated heterocycles. The van der Waals surface area contributed by atoms with Crippen LogP contribution in [-0.2, 0) is 14.8 Å². The molecule has 2 aromatic rings. The maximum atomic E-state index is 12.4. The Morgan fingerprint density at radius 3 is 2.77 bits per heavy atom. The van der Waals surface area contributed by atoms with E-state index in [-0.39, 0.29) is 11.7 Å². The maximum absolute atomic E-state index is 12.4. The van der Waals surface area contributed by atoms with Gasteiger partial charge in [0.25, 0.3) is 5.91 Å². The van der Waals surface area contributed by atoms with Crippen molar-refractivity contribution in [3.63, 3.8) is 0 Å². The van der Waals surface area contributed by atoms with Crippen LogP contribution < -0.4 is 14.4 Å². The topological polar surface area (TPSA) is 75.7 Å². The molecule has 1 aliphatic rings. The van der Waals surface area contributed by atoms with Crippen LogP contribution in [0.25, 0.3) is 6.08 Å². The monoisotopic (exact) mass is 392 g/mol. The maximum Gasteiger partial charge on any atom is 0.251 e. The highest BCUT2D eigenvalue weighted by molar-refractivity contribution is 7.93. The Morgan fingerprint density at radius 1 is 1.35 bits per heavy atom. The average molecular weight is 393 g/mol. The molecule has 3 rings (SSSR count). The van der Waals surface area contributed by atoms with Crippen molar-refractivity contribution in [1.29, 1.82) is 0 Å². The second kappa shape index (κ2) is 7.51. The van der Waals surface area contributed by atoms with Crippen molar-refractivity contribution in [3.05, 3.63) is 46.2 Å². The Balaban J connectivity index is 1.85. The summed E-state index contributed by atoms with van der Waals surface area (Å²) in [5, 5.41) is 4.76. The Bertz CT molecular complexity index is 934. The van der Waals surface area contributed by atoms with Gasteiger partial charge in [0, 0.05) is 22.7 Å². The summed E-state index contributed by atoms with van der Waals surface area (Å²) in [5.41, 5.74) is 1.54. The van der Waals surface area contributed by atoms with Gasteiger partial charge in [0.05, 0.1) is 18.6 Å². The number of benzene rings is 1. The van der Waals surface area contributed by atoms with E-state index in [1.807, 2.05) is 23.6 Å². The number of sulfonamides is 1. The molecule has 0 saturated carbocycles. The van der Waals surface area contributed by atoms with Crippen LogP contribution in [-0.4, -0.2) is 33.7 Å². The number of anilines is 2. The van der Waals surface area contributed by atoms with Crippen LogP contribution in [0.2, 0.25) is 0 Å². The van der Waals surface area contributed by atoms with E-state index < -0.39 is 10.0 Å². The lowest BCUT2D eigenvalue weighted by Crippen LogP contribution is -2.25. The summed E-state index contributed by atoms with van der Waals surface area (Å²) in [5.74, 6) is 0.341. The lowest BCUT2D eigenvalue weighted by atomic mass is 10.2. The molecule has 6 nitrogen and oxygen atoms in total. The van der Waals surface area contributed by atoms with Crippen LogP contribution >= 0.6 is 11.3 Å². The van der Waals surface area contributed by atoms with E-state index in [4.69, 9.17) is 4.74 Å². The Morgan fingerprint density at radius 2 is 2.15 bits per heavy atom. The number of methoxy groups -OCH3 is 1. The predicted molar refractivity (Wildman–Crippen MR) is 105 cm³/mol. The van der Waals surface area contributed by atoms with Crippen molar-refractivity contribution >= 4 is 44.7 Å². The second-order valence-corrected chi connectivity index (χ2v) is 8.92. The quantitative estimate of drug-likeness (QED) is 0.792. The molecule has 8 heteroatoms. The summed E-state index contributed by atoms with van der Waals surface area (Å²) in [7, 11) is -1.84. The normalized spacial score (nSPS) is 16.5. The molecule has 0 unspecified atom stereocenters. The van der Waals surface area contributed by atoms with Gasteiger partial charge in [-0.15, -0.1) is 11.3 Å². The highest BCUT2D eigenvalue weighted by Crippen LogP contribution is 2.35. The minimum Gasteiger partial charge on any atom is -0.495 e. The number of rotatable bonds is 5. The van der Waals surface area contributed by atoms with E-state index in [0.29, 0.717) is 35.7 Å². The van der Waals surface area contributed by atoms with Crippen molar-refractivity contribution in [2.24, 2.45) is 0 Å². The third kappa shape index (κ3) is 3.91. The molecule has 138 valence electrons. The van der Waals surface area contributed by atoms with E-state index in [1.54, 1.807) is 36.5 Å². The first-order valence-corrected chi connectivity index (χ1v) is 10.6. The van der Waals surface area contributed by atoms with Crippen molar-refractivity contribution < 1.29 is 17.9 Å². The molecule has 1 aromatic heterocycles. The van der Waals surface area contributed by atoms with Gasteiger partial charge in [-0.1, -0.05) is 6.07 Å². The van der Waals surface area contributed by atoms with E-state index in [0.717, 1.165) is 4.88 Å². The van der Waals surface area contributed by atoms with Crippen molar-refractivity contribution in [3.8, 4) is 5.75 Å². The number of amides is 1. The van der Waals surface area contributed by atoms with Crippen molar-refractivity contribution in [2.45, 2.75) is 13.3 Å². The van der Waals surface area contributed by atoms with Crippen molar-refractivity contribution in [2.75, 3.05) is 29.0 Å². The number of ether oxygens (including phenoxy) is 1. The van der Waals surface area contributed by atoms with Gasteiger partial charge in [0.15, 0.2) is 0 Å². The van der Waals surface area contributed by atoms with Crippen LogP contribution in [0.15, 0.2) is 41.3 Å². The van der Waals surface area contributed by atoms with Crippen LogP contribution in [0.1, 0.15) is 18.2 Å². The molecule has 1 amide bonds. The van der Waals surface area contributed by atoms with Gasteiger partial charge < -0.3 is 10.1 Å². The summed E-state index contributed by atoms with van der Waals surface area (Å²) in [4.78, 5) is 13.4. The summed E-state index contributed by atoms with van der Waals surface area (Å²) in [6, 6.07) is 8.86. The molecular formula is C18H20N2O4S2. The first kappa shape index (κ1) is 18.5. The predicted octanol–water partition coefficient (Wildman–Crippen LogP) is 3.34. The minimum atomic E-state index is -3.34. The zero-order valence-corrected chi connectivity index (χ0v) is 16.2. The molecule has 1 fully saturated rings. The number of carbonyl (C=O) groups excluding carboxylic acids is 1. The SMILES string of the molecule is COc1ccc(NC(=O)/C(C)=C/c2cccs2)cc1N1CCCS1(=O)=O. The van der Waals surface area contributed by atoms with Gasteiger partial charge in [-0.25, -0.2) is 8.42 Å². The molecule has 2 heterocycles. The summed E-state index contributed by atoms with van der Waals surface area (Å²) in [6.07, 6.45) is 2.39. The smallest absolute Gasteiger partial charge is 0.251 e. The Labute approximate surface area is 157 Å². The Hall–Kier alpha value is -2.32. The van der Waals surface area contributed by atoms with Crippen LogP contribution in [0.4, 0.5) is 11.4 Å². The number of hydrogen-bond acceptors (Lipinski definition) is 5. The molecule has 26 heavy (non-hydrogen) atoms. The van der Waals surface area contributed by atoms with E-state index in [2.05, 4.69) is 5.32 Å². The van der Waals surface area contributed by atoms with E-state index in [1.165, 1.54) is 11.4 Å². The van der Waals surface area contributed by atoms with Gasteiger partial charge in [0.1, 0.15) is 5.75 Å². The Kier molecular flexibility index (Phi) is 5.33. The number of nitrogens with zero attached hydrogens (tertiary/aromatic N) is 1. The number of thiophene rings is 1.